The summed E-state index contributed by atoms with van der Waals surface area (Å²) in [6, 6.07) is 8.01. The van der Waals surface area contributed by atoms with E-state index in [1.807, 2.05) is 32.9 Å². The van der Waals surface area contributed by atoms with Crippen LogP contribution >= 0.6 is 0 Å². The summed E-state index contributed by atoms with van der Waals surface area (Å²) < 4.78 is 0. The Balaban J connectivity index is 1.75. The zero-order chi connectivity index (χ0) is 19.2. The first-order valence-corrected chi connectivity index (χ1v) is 9.32. The van der Waals surface area contributed by atoms with Crippen LogP contribution in [0.1, 0.15) is 39.2 Å². The third kappa shape index (κ3) is 7.54. The SMILES string of the molecule is CN(CC(=O)Nc1ccc(CN2CCCC2)cc1)CC(=O)NC(C)(C)C. The van der Waals surface area contributed by atoms with E-state index in [2.05, 4.69) is 27.7 Å². The molecule has 2 rings (SSSR count). The molecule has 26 heavy (non-hydrogen) atoms. The summed E-state index contributed by atoms with van der Waals surface area (Å²) in [6.45, 7) is 9.49. The van der Waals surface area contributed by atoms with Gasteiger partial charge >= 0.3 is 0 Å². The Labute approximate surface area is 156 Å². The molecule has 1 aliphatic heterocycles. The minimum atomic E-state index is -0.267. The number of nitrogens with one attached hydrogen (secondary N) is 2. The van der Waals surface area contributed by atoms with Crippen molar-refractivity contribution >= 4 is 17.5 Å². The lowest BCUT2D eigenvalue weighted by molar-refractivity contribution is -0.124. The molecular formula is C20H32N4O2. The third-order valence-electron chi connectivity index (χ3n) is 4.18. The van der Waals surface area contributed by atoms with Crippen molar-refractivity contribution in [1.29, 1.82) is 0 Å². The minimum absolute atomic E-state index is 0.0842. The van der Waals surface area contributed by atoms with E-state index in [1.165, 1.54) is 31.5 Å². The maximum Gasteiger partial charge on any atom is 0.238 e. The molecule has 0 radical (unpaired) electrons. The molecule has 0 aromatic heterocycles. The predicted molar refractivity (Wildman–Crippen MR) is 105 cm³/mol. The fourth-order valence-corrected chi connectivity index (χ4v) is 3.10. The first-order chi connectivity index (χ1) is 12.2. The number of rotatable bonds is 7. The summed E-state index contributed by atoms with van der Waals surface area (Å²) in [6.07, 6.45) is 2.57. The molecule has 0 unspecified atom stereocenters. The number of anilines is 1. The lowest BCUT2D eigenvalue weighted by atomic mass is 10.1. The van der Waals surface area contributed by atoms with E-state index in [9.17, 15) is 9.59 Å². The summed E-state index contributed by atoms with van der Waals surface area (Å²) >= 11 is 0. The van der Waals surface area contributed by atoms with Crippen LogP contribution in [0.4, 0.5) is 5.69 Å². The predicted octanol–water partition coefficient (Wildman–Crippen LogP) is 2.07. The van der Waals surface area contributed by atoms with Crippen molar-refractivity contribution in [1.82, 2.24) is 15.1 Å². The normalized spacial score (nSPS) is 15.3. The van der Waals surface area contributed by atoms with Crippen LogP contribution in [0.3, 0.4) is 0 Å². The fourth-order valence-electron chi connectivity index (χ4n) is 3.10. The number of nitrogens with zero attached hydrogens (tertiary/aromatic N) is 2. The molecule has 2 N–H and O–H groups in total. The quantitative estimate of drug-likeness (QED) is 0.781. The van der Waals surface area contributed by atoms with E-state index in [-0.39, 0.29) is 30.4 Å². The Kier molecular flexibility index (Phi) is 7.17. The molecule has 0 bridgehead atoms. The van der Waals surface area contributed by atoms with Gasteiger partial charge in [0.05, 0.1) is 13.1 Å². The molecule has 1 aromatic rings. The van der Waals surface area contributed by atoms with E-state index < -0.39 is 0 Å². The maximum atomic E-state index is 12.2. The smallest absolute Gasteiger partial charge is 0.238 e. The molecule has 144 valence electrons. The largest absolute Gasteiger partial charge is 0.350 e. The summed E-state index contributed by atoms with van der Waals surface area (Å²) in [5.41, 5.74) is 1.78. The maximum absolute atomic E-state index is 12.2. The van der Waals surface area contributed by atoms with Crippen molar-refractivity contribution < 1.29 is 9.59 Å². The first kappa shape index (κ1) is 20.4. The van der Waals surface area contributed by atoms with Crippen LogP contribution in [0, 0.1) is 0 Å². The second kappa shape index (κ2) is 9.14. The van der Waals surface area contributed by atoms with Crippen molar-refractivity contribution in [3.63, 3.8) is 0 Å². The molecule has 1 aromatic carbocycles. The summed E-state index contributed by atoms with van der Waals surface area (Å²) in [4.78, 5) is 28.2. The monoisotopic (exact) mass is 360 g/mol. The van der Waals surface area contributed by atoms with Gasteiger partial charge in [0.15, 0.2) is 0 Å². The van der Waals surface area contributed by atoms with E-state index >= 15 is 0 Å². The Morgan fingerprint density at radius 2 is 1.62 bits per heavy atom. The highest BCUT2D eigenvalue weighted by Gasteiger charge is 2.16. The molecule has 1 saturated heterocycles. The van der Waals surface area contributed by atoms with E-state index in [1.54, 1.807) is 11.9 Å². The van der Waals surface area contributed by atoms with Gasteiger partial charge < -0.3 is 10.6 Å². The Morgan fingerprint density at radius 3 is 2.19 bits per heavy atom. The molecule has 0 aliphatic carbocycles. The zero-order valence-electron chi connectivity index (χ0n) is 16.5. The number of likely N-dealkylation sites (tertiary alicyclic amines) is 1. The number of benzene rings is 1. The molecule has 2 amide bonds. The van der Waals surface area contributed by atoms with Crippen LogP contribution in [-0.2, 0) is 16.1 Å². The van der Waals surface area contributed by atoms with Crippen LogP contribution in [0.15, 0.2) is 24.3 Å². The van der Waals surface area contributed by atoms with Crippen molar-refractivity contribution in [3.8, 4) is 0 Å². The highest BCUT2D eigenvalue weighted by atomic mass is 16.2. The summed E-state index contributed by atoms with van der Waals surface area (Å²) in [5.74, 6) is -0.206. The van der Waals surface area contributed by atoms with Gasteiger partial charge in [-0.3, -0.25) is 19.4 Å². The van der Waals surface area contributed by atoms with Gasteiger partial charge in [-0.2, -0.15) is 0 Å². The van der Waals surface area contributed by atoms with Crippen LogP contribution in [0.25, 0.3) is 0 Å². The second-order valence-corrected chi connectivity index (χ2v) is 8.20. The van der Waals surface area contributed by atoms with Gasteiger partial charge in [-0.1, -0.05) is 12.1 Å². The second-order valence-electron chi connectivity index (χ2n) is 8.20. The number of amides is 2. The molecule has 0 atom stereocenters. The molecule has 1 heterocycles. The Bertz CT molecular complexity index is 601. The van der Waals surface area contributed by atoms with Crippen LogP contribution in [0.2, 0.25) is 0 Å². The van der Waals surface area contributed by atoms with Gasteiger partial charge in [0, 0.05) is 17.8 Å². The average Bonchev–Trinajstić information content (AvgIpc) is 2.99. The third-order valence-corrected chi connectivity index (χ3v) is 4.18. The van der Waals surface area contributed by atoms with Crippen LogP contribution in [0.5, 0.6) is 0 Å². The van der Waals surface area contributed by atoms with Gasteiger partial charge in [-0.05, 0) is 71.4 Å². The molecule has 1 fully saturated rings. The topological polar surface area (TPSA) is 64.7 Å². The highest BCUT2D eigenvalue weighted by Crippen LogP contribution is 2.15. The van der Waals surface area contributed by atoms with Gasteiger partial charge in [-0.25, -0.2) is 0 Å². The zero-order valence-corrected chi connectivity index (χ0v) is 16.5. The number of carbonyl (C=O) groups is 2. The van der Waals surface area contributed by atoms with Crippen LogP contribution < -0.4 is 10.6 Å². The van der Waals surface area contributed by atoms with E-state index in [0.717, 1.165) is 12.2 Å². The van der Waals surface area contributed by atoms with Crippen LogP contribution in [-0.4, -0.2) is 60.4 Å². The fraction of sp³-hybridized carbons (Fsp3) is 0.600. The van der Waals surface area contributed by atoms with Crippen molar-refractivity contribution in [2.45, 2.75) is 45.7 Å². The first-order valence-electron chi connectivity index (χ1n) is 9.32. The lowest BCUT2D eigenvalue weighted by Gasteiger charge is -2.23. The molecule has 0 spiro atoms. The van der Waals surface area contributed by atoms with Crippen molar-refractivity contribution in [3.05, 3.63) is 29.8 Å². The molecule has 1 aliphatic rings. The van der Waals surface area contributed by atoms with Gasteiger partial charge in [0.1, 0.15) is 0 Å². The van der Waals surface area contributed by atoms with Gasteiger partial charge in [0.25, 0.3) is 0 Å². The van der Waals surface area contributed by atoms with Gasteiger partial charge in [0.2, 0.25) is 11.8 Å². The minimum Gasteiger partial charge on any atom is -0.350 e. The highest BCUT2D eigenvalue weighted by molar-refractivity contribution is 5.92. The molecule has 0 saturated carbocycles. The Hall–Kier alpha value is -1.92. The average molecular weight is 361 g/mol. The van der Waals surface area contributed by atoms with Gasteiger partial charge in [-0.15, -0.1) is 0 Å². The standard InChI is InChI=1S/C20H32N4O2/c1-20(2,3)22-19(26)15-23(4)14-18(25)21-17-9-7-16(8-10-17)13-24-11-5-6-12-24/h7-10H,5-6,11-15H2,1-4H3,(H,21,25)(H,22,26). The summed E-state index contributed by atoms with van der Waals surface area (Å²) in [7, 11) is 1.76. The number of carbonyl (C=O) groups excluding carboxylic acids is 2. The molecular weight excluding hydrogens is 328 g/mol. The lowest BCUT2D eigenvalue weighted by Crippen LogP contribution is -2.46. The number of hydrogen-bond acceptors (Lipinski definition) is 4. The number of hydrogen-bond donors (Lipinski definition) is 2. The molecule has 6 nitrogen and oxygen atoms in total. The summed E-state index contributed by atoms with van der Waals surface area (Å²) in [5, 5.41) is 5.78. The Morgan fingerprint density at radius 1 is 1.04 bits per heavy atom. The van der Waals surface area contributed by atoms with Crippen molar-refractivity contribution in [2.24, 2.45) is 0 Å². The number of likely N-dealkylation sites (N-methyl/N-ethyl adjacent to an activating group) is 1. The van der Waals surface area contributed by atoms with E-state index in [4.69, 9.17) is 0 Å². The van der Waals surface area contributed by atoms with Crippen molar-refractivity contribution in [2.75, 3.05) is 38.5 Å². The van der Waals surface area contributed by atoms with E-state index in [0.29, 0.717) is 0 Å². The molecule has 6 heteroatoms.